The van der Waals surface area contributed by atoms with Crippen LogP contribution in [0.3, 0.4) is 0 Å². The van der Waals surface area contributed by atoms with Gasteiger partial charge in [-0.25, -0.2) is 0 Å². The second-order valence-electron chi connectivity index (χ2n) is 3.56. The first-order valence-electron chi connectivity index (χ1n) is 4.61. The molecular weight excluding hydrogens is 168 g/mol. The summed E-state index contributed by atoms with van der Waals surface area (Å²) in [6.45, 7) is 2.16. The van der Waals surface area contributed by atoms with Crippen LogP contribution in [0.5, 0.6) is 0 Å². The Morgan fingerprint density at radius 2 is 2.31 bits per heavy atom. The Balaban J connectivity index is 2.04. The Hall–Kier alpha value is -1.26. The molecule has 72 valence electrons. The second-order valence-corrected chi connectivity index (χ2v) is 3.56. The smallest absolute Gasteiger partial charge is 0.317 e. The summed E-state index contributed by atoms with van der Waals surface area (Å²) in [6, 6.07) is 0.562. The van der Waals surface area contributed by atoms with Gasteiger partial charge in [0.05, 0.1) is 0 Å². The molecule has 1 aliphatic rings. The molecule has 0 saturated heterocycles. The Kier molecular flexibility index (Phi) is 1.86. The molecule has 0 atom stereocenters. The fraction of sp³-hybridized carbons (Fsp3) is 0.750. The third-order valence-corrected chi connectivity index (χ3v) is 2.80. The van der Waals surface area contributed by atoms with Crippen LogP contribution in [-0.2, 0) is 0 Å². The van der Waals surface area contributed by atoms with E-state index in [0.717, 1.165) is 6.42 Å². The quantitative estimate of drug-likeness (QED) is 0.738. The van der Waals surface area contributed by atoms with Crippen LogP contribution in [0.4, 0.5) is 12.0 Å². The first kappa shape index (κ1) is 8.34. The molecule has 0 bridgehead atoms. The monoisotopic (exact) mass is 182 g/mol. The second kappa shape index (κ2) is 2.90. The molecule has 1 aromatic heterocycles. The lowest BCUT2D eigenvalue weighted by atomic mass is 9.75. The van der Waals surface area contributed by atoms with Crippen molar-refractivity contribution in [3.8, 4) is 0 Å². The minimum absolute atomic E-state index is 0.119. The third-order valence-electron chi connectivity index (χ3n) is 2.80. The number of hydrogen-bond acceptors (Lipinski definition) is 5. The van der Waals surface area contributed by atoms with E-state index in [1.807, 2.05) is 0 Å². The van der Waals surface area contributed by atoms with Crippen molar-refractivity contribution in [1.82, 2.24) is 10.2 Å². The standard InChI is InChI=1S/C8H14N4O/c1-2-8(4-3-5-8)10-7-12-11-6(9)13-7/h2-5H2,1H3,(H2,9,11)(H,10,12). The maximum Gasteiger partial charge on any atom is 0.317 e. The molecule has 1 heterocycles. The van der Waals surface area contributed by atoms with Gasteiger partial charge in [0, 0.05) is 5.54 Å². The summed E-state index contributed by atoms with van der Waals surface area (Å²) in [5.41, 5.74) is 5.50. The highest BCUT2D eigenvalue weighted by Crippen LogP contribution is 2.37. The molecule has 0 spiro atoms. The van der Waals surface area contributed by atoms with E-state index >= 15 is 0 Å². The maximum atomic E-state index is 5.32. The molecular formula is C8H14N4O. The van der Waals surface area contributed by atoms with Gasteiger partial charge in [0.2, 0.25) is 0 Å². The Morgan fingerprint density at radius 1 is 1.54 bits per heavy atom. The largest absolute Gasteiger partial charge is 0.390 e. The highest BCUT2D eigenvalue weighted by Gasteiger charge is 2.36. The molecule has 1 aromatic rings. The van der Waals surface area contributed by atoms with E-state index < -0.39 is 0 Å². The first-order chi connectivity index (χ1) is 6.24. The van der Waals surface area contributed by atoms with Gasteiger partial charge in [-0.2, -0.15) is 0 Å². The molecule has 5 nitrogen and oxygen atoms in total. The number of rotatable bonds is 3. The van der Waals surface area contributed by atoms with Crippen molar-refractivity contribution >= 4 is 12.0 Å². The van der Waals surface area contributed by atoms with Crippen LogP contribution in [0, 0.1) is 0 Å². The van der Waals surface area contributed by atoms with Crippen molar-refractivity contribution in [2.75, 3.05) is 11.1 Å². The average Bonchev–Trinajstić information content (AvgIpc) is 2.44. The summed E-state index contributed by atoms with van der Waals surface area (Å²) in [5.74, 6) is 0. The van der Waals surface area contributed by atoms with Gasteiger partial charge in [-0.05, 0) is 25.7 Å². The number of hydrogen-bond donors (Lipinski definition) is 2. The lowest BCUT2D eigenvalue weighted by Crippen LogP contribution is -2.44. The number of nitrogen functional groups attached to an aromatic ring is 1. The minimum Gasteiger partial charge on any atom is -0.390 e. The number of nitrogens with zero attached hydrogens (tertiary/aromatic N) is 2. The zero-order chi connectivity index (χ0) is 9.31. The Bertz CT molecular complexity index is 287. The van der Waals surface area contributed by atoms with E-state index in [0.29, 0.717) is 6.01 Å². The van der Waals surface area contributed by atoms with Crippen LogP contribution < -0.4 is 11.1 Å². The Morgan fingerprint density at radius 3 is 2.69 bits per heavy atom. The van der Waals surface area contributed by atoms with E-state index in [-0.39, 0.29) is 11.6 Å². The molecule has 0 aromatic carbocycles. The van der Waals surface area contributed by atoms with Crippen LogP contribution in [0.2, 0.25) is 0 Å². The summed E-state index contributed by atoms with van der Waals surface area (Å²) in [6.07, 6.45) is 4.69. The fourth-order valence-corrected chi connectivity index (χ4v) is 1.68. The van der Waals surface area contributed by atoms with Crippen molar-refractivity contribution in [3.63, 3.8) is 0 Å². The highest BCUT2D eigenvalue weighted by atomic mass is 16.4. The Labute approximate surface area is 76.7 Å². The number of nitrogens with one attached hydrogen (secondary N) is 1. The maximum absolute atomic E-state index is 5.32. The number of anilines is 2. The third kappa shape index (κ3) is 1.46. The molecule has 1 saturated carbocycles. The van der Waals surface area contributed by atoms with Gasteiger partial charge < -0.3 is 15.5 Å². The van der Waals surface area contributed by atoms with Crippen molar-refractivity contribution in [2.24, 2.45) is 0 Å². The van der Waals surface area contributed by atoms with Gasteiger partial charge >= 0.3 is 12.0 Å². The molecule has 1 aliphatic carbocycles. The number of nitrogens with two attached hydrogens (primary N) is 1. The van der Waals surface area contributed by atoms with Crippen molar-refractivity contribution < 1.29 is 4.42 Å². The van der Waals surface area contributed by atoms with Crippen molar-refractivity contribution in [3.05, 3.63) is 0 Å². The van der Waals surface area contributed by atoms with Gasteiger partial charge in [0.25, 0.3) is 0 Å². The zero-order valence-corrected chi connectivity index (χ0v) is 7.71. The van der Waals surface area contributed by atoms with Gasteiger partial charge in [-0.15, -0.1) is 0 Å². The van der Waals surface area contributed by atoms with Gasteiger partial charge in [0.1, 0.15) is 0 Å². The van der Waals surface area contributed by atoms with E-state index in [1.165, 1.54) is 19.3 Å². The molecule has 13 heavy (non-hydrogen) atoms. The summed E-state index contributed by atoms with van der Waals surface area (Å²) >= 11 is 0. The van der Waals surface area contributed by atoms with Gasteiger partial charge in [-0.3, -0.25) is 0 Å². The summed E-state index contributed by atoms with van der Waals surface area (Å²) < 4.78 is 5.06. The van der Waals surface area contributed by atoms with Crippen LogP contribution in [0.15, 0.2) is 4.42 Å². The van der Waals surface area contributed by atoms with E-state index in [9.17, 15) is 0 Å². The molecule has 1 fully saturated rings. The van der Waals surface area contributed by atoms with E-state index in [4.69, 9.17) is 10.2 Å². The SMILES string of the molecule is CCC1(Nc2nnc(N)o2)CCC1. The van der Waals surface area contributed by atoms with Crippen LogP contribution in [0.1, 0.15) is 32.6 Å². The van der Waals surface area contributed by atoms with Crippen LogP contribution in [-0.4, -0.2) is 15.7 Å². The highest BCUT2D eigenvalue weighted by molar-refractivity contribution is 5.29. The average molecular weight is 182 g/mol. The molecule has 2 rings (SSSR count). The normalized spacial score (nSPS) is 19.5. The molecule has 0 radical (unpaired) electrons. The summed E-state index contributed by atoms with van der Waals surface area (Å²) in [7, 11) is 0. The lowest BCUT2D eigenvalue weighted by molar-refractivity contribution is 0.263. The molecule has 0 amide bonds. The fourth-order valence-electron chi connectivity index (χ4n) is 1.68. The minimum atomic E-state index is 0.119. The zero-order valence-electron chi connectivity index (χ0n) is 7.71. The molecule has 5 heteroatoms. The van der Waals surface area contributed by atoms with Crippen molar-refractivity contribution in [1.29, 1.82) is 0 Å². The lowest BCUT2D eigenvalue weighted by Gasteiger charge is -2.41. The molecule has 3 N–H and O–H groups in total. The van der Waals surface area contributed by atoms with E-state index in [2.05, 4.69) is 22.4 Å². The van der Waals surface area contributed by atoms with Crippen LogP contribution in [0.25, 0.3) is 0 Å². The van der Waals surface area contributed by atoms with E-state index in [1.54, 1.807) is 0 Å². The van der Waals surface area contributed by atoms with Crippen molar-refractivity contribution in [2.45, 2.75) is 38.1 Å². The number of aromatic nitrogens is 2. The predicted molar refractivity (Wildman–Crippen MR) is 49.2 cm³/mol. The van der Waals surface area contributed by atoms with Gasteiger partial charge in [0.15, 0.2) is 0 Å². The predicted octanol–water partition coefficient (Wildman–Crippen LogP) is 1.40. The molecule has 0 unspecified atom stereocenters. The van der Waals surface area contributed by atoms with Crippen LogP contribution >= 0.6 is 0 Å². The topological polar surface area (TPSA) is 77.0 Å². The first-order valence-corrected chi connectivity index (χ1v) is 4.61. The summed E-state index contributed by atoms with van der Waals surface area (Å²) in [4.78, 5) is 0. The molecule has 0 aliphatic heterocycles. The summed E-state index contributed by atoms with van der Waals surface area (Å²) in [5, 5.41) is 10.6. The van der Waals surface area contributed by atoms with Gasteiger partial charge in [-0.1, -0.05) is 17.1 Å².